The molecule has 0 aromatic heterocycles. The lowest BCUT2D eigenvalue weighted by atomic mass is 9.64. The first kappa shape index (κ1) is 12.3. The van der Waals surface area contributed by atoms with Crippen LogP contribution < -0.4 is 0 Å². The molecule has 3 heteroatoms. The second kappa shape index (κ2) is 4.03. The molecule has 3 nitrogen and oxygen atoms in total. The predicted octanol–water partition coefficient (Wildman–Crippen LogP) is 2.28. The van der Waals surface area contributed by atoms with Crippen molar-refractivity contribution in [1.29, 1.82) is 0 Å². The molecule has 0 aromatic rings. The fourth-order valence-electron chi connectivity index (χ4n) is 2.48. The zero-order chi connectivity index (χ0) is 11.8. The second-order valence-corrected chi connectivity index (χ2v) is 5.58. The summed E-state index contributed by atoms with van der Waals surface area (Å²) in [5.41, 5.74) is 0.339. The Morgan fingerprint density at radius 2 is 1.53 bits per heavy atom. The number of urea groups is 1. The van der Waals surface area contributed by atoms with Crippen LogP contribution in [-0.2, 0) is 0 Å². The van der Waals surface area contributed by atoms with Gasteiger partial charge in [0, 0.05) is 32.6 Å². The van der Waals surface area contributed by atoms with Gasteiger partial charge in [-0.2, -0.15) is 0 Å². The number of likely N-dealkylation sites (tertiary alicyclic amines) is 1. The van der Waals surface area contributed by atoms with Crippen LogP contribution in [0.4, 0.5) is 4.79 Å². The van der Waals surface area contributed by atoms with E-state index in [-0.39, 0.29) is 6.03 Å². The maximum Gasteiger partial charge on any atom is 0.319 e. The molecule has 1 aliphatic heterocycles. The molecule has 1 saturated heterocycles. The van der Waals surface area contributed by atoms with E-state index in [1.807, 2.05) is 19.0 Å². The summed E-state index contributed by atoms with van der Waals surface area (Å²) in [7, 11) is 3.63. The fraction of sp³-hybridized carbons (Fsp3) is 0.917. The van der Waals surface area contributed by atoms with Crippen molar-refractivity contribution in [3.8, 4) is 0 Å². The lowest BCUT2D eigenvalue weighted by Crippen LogP contribution is -2.64. The van der Waals surface area contributed by atoms with Crippen molar-refractivity contribution in [2.24, 2.45) is 17.3 Å². The quantitative estimate of drug-likeness (QED) is 0.689. The van der Waals surface area contributed by atoms with Crippen LogP contribution in [0.3, 0.4) is 0 Å². The summed E-state index contributed by atoms with van der Waals surface area (Å²) in [5.74, 6) is 1.28. The summed E-state index contributed by atoms with van der Waals surface area (Å²) >= 11 is 0. The van der Waals surface area contributed by atoms with Crippen molar-refractivity contribution in [2.75, 3.05) is 27.2 Å². The van der Waals surface area contributed by atoms with Gasteiger partial charge in [-0.15, -0.1) is 0 Å². The fourth-order valence-corrected chi connectivity index (χ4v) is 2.48. The third kappa shape index (κ3) is 1.97. The molecule has 2 amide bonds. The summed E-state index contributed by atoms with van der Waals surface area (Å²) in [6.07, 6.45) is 0. The number of nitrogens with zero attached hydrogens (tertiary/aromatic N) is 2. The number of rotatable bonds is 2. The molecule has 1 rings (SSSR count). The Bertz CT molecular complexity index is 230. The third-order valence-electron chi connectivity index (χ3n) is 3.92. The molecular weight excluding hydrogens is 188 g/mol. The van der Waals surface area contributed by atoms with Gasteiger partial charge >= 0.3 is 6.03 Å². The minimum absolute atomic E-state index is 0.145. The van der Waals surface area contributed by atoms with Crippen molar-refractivity contribution < 1.29 is 4.79 Å². The molecule has 0 unspecified atom stereocenters. The topological polar surface area (TPSA) is 23.6 Å². The molecule has 0 radical (unpaired) electrons. The summed E-state index contributed by atoms with van der Waals surface area (Å²) in [6, 6.07) is 0.145. The Hall–Kier alpha value is -0.730. The number of carbonyl (C=O) groups excluding carboxylic acids is 1. The average molecular weight is 212 g/mol. The molecule has 0 aliphatic carbocycles. The van der Waals surface area contributed by atoms with E-state index in [2.05, 4.69) is 27.7 Å². The van der Waals surface area contributed by atoms with Crippen LogP contribution in [0.25, 0.3) is 0 Å². The molecule has 15 heavy (non-hydrogen) atoms. The van der Waals surface area contributed by atoms with E-state index in [1.54, 1.807) is 4.90 Å². The molecule has 0 bridgehead atoms. The third-order valence-corrected chi connectivity index (χ3v) is 3.92. The van der Waals surface area contributed by atoms with Gasteiger partial charge in [0.2, 0.25) is 0 Å². The molecule has 1 aliphatic rings. The largest absolute Gasteiger partial charge is 0.331 e. The zero-order valence-electron chi connectivity index (χ0n) is 10.9. The molecular formula is C12H24N2O. The van der Waals surface area contributed by atoms with Gasteiger partial charge in [-0.25, -0.2) is 4.79 Å². The van der Waals surface area contributed by atoms with Gasteiger partial charge in [-0.05, 0) is 11.8 Å². The Kier molecular flexibility index (Phi) is 3.31. The number of hydrogen-bond donors (Lipinski definition) is 0. The van der Waals surface area contributed by atoms with Crippen molar-refractivity contribution in [3.63, 3.8) is 0 Å². The van der Waals surface area contributed by atoms with E-state index >= 15 is 0 Å². The van der Waals surface area contributed by atoms with Crippen LogP contribution in [0.5, 0.6) is 0 Å². The van der Waals surface area contributed by atoms with E-state index in [1.165, 1.54) is 0 Å². The maximum atomic E-state index is 11.7. The highest BCUT2D eigenvalue weighted by atomic mass is 16.2. The van der Waals surface area contributed by atoms with Gasteiger partial charge in [-0.3, -0.25) is 0 Å². The van der Waals surface area contributed by atoms with Crippen molar-refractivity contribution in [2.45, 2.75) is 27.7 Å². The number of carbonyl (C=O) groups is 1. The first-order valence-corrected chi connectivity index (χ1v) is 5.77. The van der Waals surface area contributed by atoms with Crippen LogP contribution in [0, 0.1) is 17.3 Å². The SMILES string of the molecule is CC(C)C1(C(C)C)CN(C(=O)N(C)C)C1. The average Bonchev–Trinajstić information content (AvgIpc) is 1.99. The molecule has 0 spiro atoms. The smallest absolute Gasteiger partial charge is 0.319 e. The standard InChI is InChI=1S/C12H24N2O/c1-9(2)12(10(3)4)7-14(8-12)11(15)13(5)6/h9-10H,7-8H2,1-6H3. The molecule has 1 heterocycles. The molecule has 0 aromatic carbocycles. The Labute approximate surface area is 93.4 Å². The van der Waals surface area contributed by atoms with Crippen molar-refractivity contribution in [1.82, 2.24) is 9.80 Å². The van der Waals surface area contributed by atoms with Gasteiger partial charge in [-0.1, -0.05) is 27.7 Å². The Balaban J connectivity index is 2.63. The minimum Gasteiger partial charge on any atom is -0.331 e. The zero-order valence-corrected chi connectivity index (χ0v) is 10.9. The van der Waals surface area contributed by atoms with Gasteiger partial charge in [0.25, 0.3) is 0 Å². The highest BCUT2D eigenvalue weighted by Crippen LogP contribution is 2.44. The Morgan fingerprint density at radius 3 is 1.80 bits per heavy atom. The van der Waals surface area contributed by atoms with E-state index in [4.69, 9.17) is 0 Å². The van der Waals surface area contributed by atoms with E-state index in [9.17, 15) is 4.79 Å². The lowest BCUT2D eigenvalue weighted by Gasteiger charge is -2.55. The minimum atomic E-state index is 0.145. The van der Waals surface area contributed by atoms with Crippen LogP contribution >= 0.6 is 0 Å². The van der Waals surface area contributed by atoms with Crippen molar-refractivity contribution >= 4 is 6.03 Å². The normalized spacial score (nSPS) is 19.3. The van der Waals surface area contributed by atoms with Crippen molar-refractivity contribution in [3.05, 3.63) is 0 Å². The number of amides is 2. The highest BCUT2D eigenvalue weighted by Gasteiger charge is 2.49. The molecule has 0 atom stereocenters. The number of hydrogen-bond acceptors (Lipinski definition) is 1. The molecule has 88 valence electrons. The summed E-state index contributed by atoms with van der Waals surface area (Å²) in [4.78, 5) is 15.3. The summed E-state index contributed by atoms with van der Waals surface area (Å²) in [5, 5.41) is 0. The van der Waals surface area contributed by atoms with Crippen LogP contribution in [0.2, 0.25) is 0 Å². The van der Waals surface area contributed by atoms with Crippen LogP contribution in [-0.4, -0.2) is 43.0 Å². The highest BCUT2D eigenvalue weighted by molar-refractivity contribution is 5.75. The van der Waals surface area contributed by atoms with Gasteiger partial charge < -0.3 is 9.80 Å². The van der Waals surface area contributed by atoms with E-state index in [0.717, 1.165) is 13.1 Å². The van der Waals surface area contributed by atoms with E-state index < -0.39 is 0 Å². The summed E-state index contributed by atoms with van der Waals surface area (Å²) in [6.45, 7) is 10.9. The van der Waals surface area contributed by atoms with Gasteiger partial charge in [0.1, 0.15) is 0 Å². The van der Waals surface area contributed by atoms with Crippen LogP contribution in [0.1, 0.15) is 27.7 Å². The molecule has 0 N–H and O–H groups in total. The molecule has 1 fully saturated rings. The van der Waals surface area contributed by atoms with E-state index in [0.29, 0.717) is 17.3 Å². The van der Waals surface area contributed by atoms with Crippen LogP contribution in [0.15, 0.2) is 0 Å². The predicted molar refractivity (Wildman–Crippen MR) is 62.8 cm³/mol. The molecule has 0 saturated carbocycles. The van der Waals surface area contributed by atoms with Gasteiger partial charge in [0.15, 0.2) is 0 Å². The maximum absolute atomic E-state index is 11.7. The Morgan fingerprint density at radius 1 is 1.13 bits per heavy atom. The summed E-state index contributed by atoms with van der Waals surface area (Å²) < 4.78 is 0. The first-order valence-electron chi connectivity index (χ1n) is 5.77. The lowest BCUT2D eigenvalue weighted by molar-refractivity contribution is -0.0503. The first-order chi connectivity index (χ1) is 6.81. The second-order valence-electron chi connectivity index (χ2n) is 5.58. The van der Waals surface area contributed by atoms with Gasteiger partial charge in [0.05, 0.1) is 0 Å². The monoisotopic (exact) mass is 212 g/mol.